The molecule has 0 heterocycles. The van der Waals surface area contributed by atoms with Crippen LogP contribution in [0.3, 0.4) is 0 Å². The van der Waals surface area contributed by atoms with Gasteiger partial charge in [-0.05, 0) is 42.3 Å². The van der Waals surface area contributed by atoms with E-state index in [9.17, 15) is 4.79 Å². The summed E-state index contributed by atoms with van der Waals surface area (Å²) in [6.45, 7) is 2.24. The molecule has 0 N–H and O–H groups in total. The first kappa shape index (κ1) is 18.4. The lowest BCUT2D eigenvalue weighted by atomic mass is 9.96. The van der Waals surface area contributed by atoms with E-state index in [4.69, 9.17) is 14.2 Å². The normalized spacial score (nSPS) is 11.0. The Morgan fingerprint density at radius 3 is 2.20 bits per heavy atom. The minimum Gasteiger partial charge on any atom is -0.497 e. The zero-order valence-corrected chi connectivity index (χ0v) is 14.7. The van der Waals surface area contributed by atoms with Gasteiger partial charge < -0.3 is 14.2 Å². The van der Waals surface area contributed by atoms with E-state index in [0.29, 0.717) is 6.61 Å². The lowest BCUT2D eigenvalue weighted by molar-refractivity contribution is -0.140. The highest BCUT2D eigenvalue weighted by molar-refractivity contribution is 5.71. The zero-order chi connectivity index (χ0) is 18.1. The first-order valence-electron chi connectivity index (χ1n) is 8.01. The third kappa shape index (κ3) is 5.58. The highest BCUT2D eigenvalue weighted by Crippen LogP contribution is 2.23. The summed E-state index contributed by atoms with van der Waals surface area (Å²) in [6.07, 6.45) is 0.239. The van der Waals surface area contributed by atoms with Crippen LogP contribution in [-0.2, 0) is 16.1 Å². The van der Waals surface area contributed by atoms with Gasteiger partial charge in [-0.25, -0.2) is 0 Å². The van der Waals surface area contributed by atoms with Gasteiger partial charge in [-0.2, -0.15) is 0 Å². The maximum absolute atomic E-state index is 11.5. The van der Waals surface area contributed by atoms with Crippen molar-refractivity contribution in [1.29, 1.82) is 0 Å². The van der Waals surface area contributed by atoms with Crippen molar-refractivity contribution < 1.29 is 19.0 Å². The maximum Gasteiger partial charge on any atom is 0.307 e. The smallest absolute Gasteiger partial charge is 0.307 e. The largest absolute Gasteiger partial charge is 0.497 e. The van der Waals surface area contributed by atoms with Crippen LogP contribution in [0, 0.1) is 11.8 Å². The Labute approximate surface area is 148 Å². The SMILES string of the molecule is CC#CC(CC(=O)OC)c1ccc(OCc2ccc(OC)cc2)cc1. The van der Waals surface area contributed by atoms with Crippen LogP contribution in [0.2, 0.25) is 0 Å². The third-order valence-corrected chi connectivity index (χ3v) is 3.76. The van der Waals surface area contributed by atoms with Crippen molar-refractivity contribution in [3.8, 4) is 23.3 Å². The van der Waals surface area contributed by atoms with Gasteiger partial charge in [0.25, 0.3) is 0 Å². The first-order valence-corrected chi connectivity index (χ1v) is 8.01. The lowest BCUT2D eigenvalue weighted by Crippen LogP contribution is -2.07. The van der Waals surface area contributed by atoms with E-state index >= 15 is 0 Å². The summed E-state index contributed by atoms with van der Waals surface area (Å²) in [4.78, 5) is 11.5. The van der Waals surface area contributed by atoms with Crippen molar-refractivity contribution in [2.75, 3.05) is 14.2 Å². The molecule has 4 nitrogen and oxygen atoms in total. The van der Waals surface area contributed by atoms with Crippen molar-refractivity contribution in [3.05, 3.63) is 59.7 Å². The number of esters is 1. The summed E-state index contributed by atoms with van der Waals surface area (Å²) in [5, 5.41) is 0. The number of hydrogen-bond acceptors (Lipinski definition) is 4. The molecule has 0 saturated heterocycles. The van der Waals surface area contributed by atoms with E-state index in [2.05, 4.69) is 11.8 Å². The van der Waals surface area contributed by atoms with Crippen LogP contribution in [-0.4, -0.2) is 20.2 Å². The van der Waals surface area contributed by atoms with Crippen LogP contribution in [0.15, 0.2) is 48.5 Å². The summed E-state index contributed by atoms with van der Waals surface area (Å²) < 4.78 is 15.7. The molecule has 0 amide bonds. The molecule has 0 aliphatic heterocycles. The highest BCUT2D eigenvalue weighted by atomic mass is 16.5. The van der Waals surface area contributed by atoms with Crippen LogP contribution in [0.1, 0.15) is 30.4 Å². The predicted octanol–water partition coefficient (Wildman–Crippen LogP) is 3.94. The fraction of sp³-hybridized carbons (Fsp3) is 0.286. The number of methoxy groups -OCH3 is 2. The van der Waals surface area contributed by atoms with Crippen molar-refractivity contribution in [2.45, 2.75) is 25.9 Å². The highest BCUT2D eigenvalue weighted by Gasteiger charge is 2.14. The van der Waals surface area contributed by atoms with Crippen molar-refractivity contribution in [1.82, 2.24) is 0 Å². The Balaban J connectivity index is 1.99. The number of rotatable bonds is 7. The molecule has 130 valence electrons. The molecule has 0 aliphatic rings. The maximum atomic E-state index is 11.5. The predicted molar refractivity (Wildman–Crippen MR) is 96.6 cm³/mol. The van der Waals surface area contributed by atoms with E-state index in [1.165, 1.54) is 7.11 Å². The molecular formula is C21H22O4. The van der Waals surface area contributed by atoms with Gasteiger partial charge in [-0.15, -0.1) is 5.92 Å². The second-order valence-electron chi connectivity index (χ2n) is 5.43. The van der Waals surface area contributed by atoms with Crippen LogP contribution >= 0.6 is 0 Å². The Hall–Kier alpha value is -2.93. The van der Waals surface area contributed by atoms with Gasteiger partial charge in [-0.1, -0.05) is 30.2 Å². The van der Waals surface area contributed by atoms with Gasteiger partial charge in [0.2, 0.25) is 0 Å². The summed E-state index contributed by atoms with van der Waals surface area (Å²) in [7, 11) is 3.03. The molecule has 0 saturated carbocycles. The van der Waals surface area contributed by atoms with E-state index in [0.717, 1.165) is 22.6 Å². The van der Waals surface area contributed by atoms with E-state index < -0.39 is 0 Å². The lowest BCUT2D eigenvalue weighted by Gasteiger charge is -2.12. The molecule has 4 heteroatoms. The van der Waals surface area contributed by atoms with Gasteiger partial charge in [0, 0.05) is 0 Å². The van der Waals surface area contributed by atoms with E-state index in [1.54, 1.807) is 14.0 Å². The van der Waals surface area contributed by atoms with Crippen LogP contribution in [0.5, 0.6) is 11.5 Å². The number of benzene rings is 2. The molecule has 25 heavy (non-hydrogen) atoms. The molecule has 0 aliphatic carbocycles. The number of hydrogen-bond donors (Lipinski definition) is 0. The van der Waals surface area contributed by atoms with Gasteiger partial charge in [-0.3, -0.25) is 4.79 Å². The second-order valence-corrected chi connectivity index (χ2v) is 5.43. The number of carbonyl (C=O) groups is 1. The van der Waals surface area contributed by atoms with Gasteiger partial charge in [0.1, 0.15) is 18.1 Å². The Morgan fingerprint density at radius 1 is 1.00 bits per heavy atom. The molecule has 0 aromatic heterocycles. The average molecular weight is 338 g/mol. The molecule has 1 unspecified atom stereocenters. The standard InChI is InChI=1S/C21H22O4/c1-4-5-18(14-21(22)24-3)17-8-12-20(13-9-17)25-15-16-6-10-19(23-2)11-7-16/h6-13,18H,14-15H2,1-3H3. The molecule has 2 rings (SSSR count). The van der Waals surface area contributed by atoms with Crippen molar-refractivity contribution in [3.63, 3.8) is 0 Å². The molecule has 0 bridgehead atoms. The summed E-state index contributed by atoms with van der Waals surface area (Å²) in [6, 6.07) is 15.4. The minimum atomic E-state index is -0.271. The third-order valence-electron chi connectivity index (χ3n) is 3.76. The van der Waals surface area contributed by atoms with Crippen LogP contribution in [0.25, 0.3) is 0 Å². The van der Waals surface area contributed by atoms with E-state index in [-0.39, 0.29) is 18.3 Å². The first-order chi connectivity index (χ1) is 12.2. The molecular weight excluding hydrogens is 316 g/mol. The van der Waals surface area contributed by atoms with Gasteiger partial charge in [0.15, 0.2) is 0 Å². The summed E-state index contributed by atoms with van der Waals surface area (Å²) in [5.74, 6) is 7.06. The topological polar surface area (TPSA) is 44.8 Å². The zero-order valence-electron chi connectivity index (χ0n) is 14.7. The number of ether oxygens (including phenoxy) is 3. The van der Waals surface area contributed by atoms with Crippen LogP contribution in [0.4, 0.5) is 0 Å². The van der Waals surface area contributed by atoms with Crippen molar-refractivity contribution >= 4 is 5.97 Å². The van der Waals surface area contributed by atoms with Crippen LogP contribution < -0.4 is 9.47 Å². The molecule has 1 atom stereocenters. The molecule has 2 aromatic carbocycles. The Kier molecular flexibility index (Phi) is 6.91. The van der Waals surface area contributed by atoms with Crippen molar-refractivity contribution in [2.24, 2.45) is 0 Å². The fourth-order valence-electron chi connectivity index (χ4n) is 2.36. The fourth-order valence-corrected chi connectivity index (χ4v) is 2.36. The molecule has 0 spiro atoms. The molecule has 2 aromatic rings. The Morgan fingerprint density at radius 2 is 1.64 bits per heavy atom. The quantitative estimate of drug-likeness (QED) is 0.566. The summed E-state index contributed by atoms with van der Waals surface area (Å²) >= 11 is 0. The number of carbonyl (C=O) groups excluding carboxylic acids is 1. The average Bonchev–Trinajstić information content (AvgIpc) is 2.66. The molecule has 0 radical (unpaired) electrons. The summed E-state index contributed by atoms with van der Waals surface area (Å²) in [5.41, 5.74) is 2.03. The Bertz CT molecular complexity index is 736. The molecule has 0 fully saturated rings. The minimum absolute atomic E-state index is 0.173. The van der Waals surface area contributed by atoms with Gasteiger partial charge in [0.05, 0.1) is 26.6 Å². The monoisotopic (exact) mass is 338 g/mol. The second kappa shape index (κ2) is 9.39. The van der Waals surface area contributed by atoms with Gasteiger partial charge >= 0.3 is 5.97 Å². The van der Waals surface area contributed by atoms with E-state index in [1.807, 2.05) is 48.5 Å².